The zero-order chi connectivity index (χ0) is 16.0. The quantitative estimate of drug-likeness (QED) is 0.837. The number of carbonyl (C=O) groups is 1. The normalized spacial score (nSPS) is 11.0. The number of hydrogen-bond donors (Lipinski definition) is 2. The number of amides is 1. The molecule has 1 aromatic rings. The summed E-state index contributed by atoms with van der Waals surface area (Å²) in [6.45, 7) is 3.41. The number of nitrogens with two attached hydrogens (primary N) is 1. The highest BCUT2D eigenvalue weighted by atomic mass is 35.5. The summed E-state index contributed by atoms with van der Waals surface area (Å²) in [4.78, 5) is 11.3. The van der Waals surface area contributed by atoms with Crippen LogP contribution in [0.5, 0.6) is 5.75 Å². The van der Waals surface area contributed by atoms with Crippen molar-refractivity contribution < 1.29 is 22.7 Å². The lowest BCUT2D eigenvalue weighted by molar-refractivity contribution is -0.138. The van der Waals surface area contributed by atoms with Crippen molar-refractivity contribution in [1.82, 2.24) is 5.32 Å². The number of benzene rings is 1. The molecule has 0 saturated heterocycles. The molecule has 0 heterocycles. The number of rotatable bonds is 6. The molecule has 0 radical (unpaired) electrons. The Balaban J connectivity index is 0.00000441. The maximum absolute atomic E-state index is 13.1. The molecule has 0 saturated carbocycles. The van der Waals surface area contributed by atoms with Crippen molar-refractivity contribution in [2.24, 2.45) is 5.73 Å². The molecule has 22 heavy (non-hydrogen) atoms. The van der Waals surface area contributed by atoms with Gasteiger partial charge in [0.05, 0.1) is 11.7 Å². The van der Waals surface area contributed by atoms with Gasteiger partial charge in [-0.25, -0.2) is 0 Å². The number of halogens is 4. The minimum absolute atomic E-state index is 0. The van der Waals surface area contributed by atoms with E-state index in [1.807, 2.05) is 0 Å². The summed E-state index contributed by atoms with van der Waals surface area (Å²) < 4.78 is 44.4. The molecule has 0 fully saturated rings. The summed E-state index contributed by atoms with van der Waals surface area (Å²) in [6.07, 6.45) is -4.65. The summed E-state index contributed by atoms with van der Waals surface area (Å²) in [6, 6.07) is 3.72. The van der Waals surface area contributed by atoms with E-state index < -0.39 is 11.7 Å². The first-order chi connectivity index (χ1) is 9.74. The molecule has 0 bridgehead atoms. The Morgan fingerprint density at radius 1 is 1.36 bits per heavy atom. The molecule has 0 aliphatic rings. The van der Waals surface area contributed by atoms with Crippen molar-refractivity contribution in [3.8, 4) is 5.75 Å². The van der Waals surface area contributed by atoms with E-state index in [2.05, 4.69) is 5.32 Å². The van der Waals surface area contributed by atoms with E-state index in [1.54, 1.807) is 13.8 Å². The molecule has 1 amide bonds. The second-order valence-corrected chi connectivity index (χ2v) is 4.80. The average molecular weight is 341 g/mol. The van der Waals surface area contributed by atoms with Gasteiger partial charge in [-0.15, -0.1) is 12.4 Å². The second-order valence-electron chi connectivity index (χ2n) is 4.80. The lowest BCUT2D eigenvalue weighted by Crippen LogP contribution is -2.26. The maximum atomic E-state index is 13.1. The van der Waals surface area contributed by atoms with Gasteiger partial charge in [0.25, 0.3) is 0 Å². The minimum atomic E-state index is -4.51. The second kappa shape index (κ2) is 8.85. The van der Waals surface area contributed by atoms with E-state index in [9.17, 15) is 18.0 Å². The van der Waals surface area contributed by atoms with Gasteiger partial charge in [-0.2, -0.15) is 13.2 Å². The molecule has 1 rings (SSSR count). The van der Waals surface area contributed by atoms with Gasteiger partial charge in [0.15, 0.2) is 0 Å². The smallest absolute Gasteiger partial charge is 0.416 e. The fraction of sp³-hybridized carbons (Fsp3) is 0.500. The molecular formula is C14H20ClF3N2O2. The molecule has 0 unspecified atom stereocenters. The average Bonchev–Trinajstić information content (AvgIpc) is 2.35. The first-order valence-corrected chi connectivity index (χ1v) is 6.57. The van der Waals surface area contributed by atoms with Gasteiger partial charge in [0.2, 0.25) is 5.91 Å². The molecule has 0 aliphatic heterocycles. The zero-order valence-corrected chi connectivity index (χ0v) is 13.2. The lowest BCUT2D eigenvalue weighted by atomic mass is 10.1. The van der Waals surface area contributed by atoms with Crippen LogP contribution in [0.2, 0.25) is 0 Å². The standard InChI is InChI=1S/C14H19F3N2O2.ClH/c1-9(2)21-11-4-3-10(8-19-13(20)5-6-18)12(7-11)14(15,16)17;/h3-4,7,9H,5-6,8,18H2,1-2H3,(H,19,20);1H. The fourth-order valence-electron chi connectivity index (χ4n) is 1.73. The van der Waals surface area contributed by atoms with Crippen molar-refractivity contribution in [2.75, 3.05) is 6.54 Å². The van der Waals surface area contributed by atoms with Gasteiger partial charge in [-0.1, -0.05) is 6.07 Å². The maximum Gasteiger partial charge on any atom is 0.416 e. The Bertz CT molecular complexity index is 493. The van der Waals surface area contributed by atoms with Gasteiger partial charge in [-0.05, 0) is 31.5 Å². The van der Waals surface area contributed by atoms with Crippen LogP contribution >= 0.6 is 12.4 Å². The van der Waals surface area contributed by atoms with Crippen molar-refractivity contribution >= 4 is 18.3 Å². The van der Waals surface area contributed by atoms with Crippen molar-refractivity contribution in [1.29, 1.82) is 0 Å². The highest BCUT2D eigenvalue weighted by Gasteiger charge is 2.33. The predicted molar refractivity (Wildman–Crippen MR) is 80.0 cm³/mol. The predicted octanol–water partition coefficient (Wildman–Crippen LogP) is 2.88. The summed E-state index contributed by atoms with van der Waals surface area (Å²) in [5.74, 6) is -0.234. The van der Waals surface area contributed by atoms with Crippen LogP contribution in [0.3, 0.4) is 0 Å². The van der Waals surface area contributed by atoms with E-state index in [1.165, 1.54) is 12.1 Å². The monoisotopic (exact) mass is 340 g/mol. The van der Waals surface area contributed by atoms with Crippen molar-refractivity contribution in [3.63, 3.8) is 0 Å². The zero-order valence-electron chi connectivity index (χ0n) is 12.4. The Morgan fingerprint density at radius 3 is 2.50 bits per heavy atom. The van der Waals surface area contributed by atoms with Gasteiger partial charge in [-0.3, -0.25) is 4.79 Å². The van der Waals surface area contributed by atoms with Gasteiger partial charge in [0, 0.05) is 19.5 Å². The summed E-state index contributed by atoms with van der Waals surface area (Å²) in [7, 11) is 0. The molecular weight excluding hydrogens is 321 g/mol. The first kappa shape index (κ1) is 20.5. The Labute approximate surface area is 133 Å². The molecule has 8 heteroatoms. The minimum Gasteiger partial charge on any atom is -0.491 e. The lowest BCUT2D eigenvalue weighted by Gasteiger charge is -2.16. The molecule has 0 atom stereocenters. The SMILES string of the molecule is CC(C)Oc1ccc(CNC(=O)CCN)c(C(F)(F)F)c1.Cl. The summed E-state index contributed by atoms with van der Waals surface area (Å²) in [5, 5.41) is 2.41. The molecule has 0 spiro atoms. The highest BCUT2D eigenvalue weighted by Crippen LogP contribution is 2.34. The van der Waals surface area contributed by atoms with Crippen LogP contribution in [0, 0.1) is 0 Å². The van der Waals surface area contributed by atoms with Crippen LogP contribution in [0.15, 0.2) is 18.2 Å². The number of alkyl halides is 3. The van der Waals surface area contributed by atoms with E-state index in [0.29, 0.717) is 0 Å². The van der Waals surface area contributed by atoms with Gasteiger partial charge >= 0.3 is 6.18 Å². The van der Waals surface area contributed by atoms with Gasteiger partial charge in [0.1, 0.15) is 5.75 Å². The number of nitrogens with one attached hydrogen (secondary N) is 1. The van der Waals surface area contributed by atoms with Crippen LogP contribution < -0.4 is 15.8 Å². The van der Waals surface area contributed by atoms with Crippen LogP contribution in [0.1, 0.15) is 31.4 Å². The van der Waals surface area contributed by atoms with Gasteiger partial charge < -0.3 is 15.8 Å². The number of carbonyl (C=O) groups excluding carboxylic acids is 1. The van der Waals surface area contributed by atoms with E-state index >= 15 is 0 Å². The molecule has 126 valence electrons. The van der Waals surface area contributed by atoms with Crippen LogP contribution in [-0.2, 0) is 17.5 Å². The third-order valence-electron chi connectivity index (χ3n) is 2.61. The third-order valence-corrected chi connectivity index (χ3v) is 2.61. The topological polar surface area (TPSA) is 64.3 Å². The largest absolute Gasteiger partial charge is 0.491 e. The molecule has 0 aromatic heterocycles. The number of ether oxygens (including phenoxy) is 1. The highest BCUT2D eigenvalue weighted by molar-refractivity contribution is 5.85. The Kier molecular flexibility index (Phi) is 8.26. The summed E-state index contributed by atoms with van der Waals surface area (Å²) in [5.41, 5.74) is 4.38. The molecule has 4 nitrogen and oxygen atoms in total. The first-order valence-electron chi connectivity index (χ1n) is 6.57. The van der Waals surface area contributed by atoms with E-state index in [-0.39, 0.29) is 55.2 Å². The van der Waals surface area contributed by atoms with Crippen LogP contribution in [-0.4, -0.2) is 18.6 Å². The van der Waals surface area contributed by atoms with E-state index in [0.717, 1.165) is 6.07 Å². The van der Waals surface area contributed by atoms with Crippen LogP contribution in [0.25, 0.3) is 0 Å². The van der Waals surface area contributed by atoms with E-state index in [4.69, 9.17) is 10.5 Å². The van der Waals surface area contributed by atoms with Crippen LogP contribution in [0.4, 0.5) is 13.2 Å². The fourth-order valence-corrected chi connectivity index (χ4v) is 1.73. The molecule has 0 aliphatic carbocycles. The molecule has 3 N–H and O–H groups in total. The molecule has 1 aromatic carbocycles. The van der Waals surface area contributed by atoms with Crippen molar-refractivity contribution in [3.05, 3.63) is 29.3 Å². The van der Waals surface area contributed by atoms with Crippen molar-refractivity contribution in [2.45, 2.75) is 39.1 Å². The Hall–Kier alpha value is -1.47. The number of hydrogen-bond acceptors (Lipinski definition) is 3. The Morgan fingerprint density at radius 2 is 2.00 bits per heavy atom. The summed E-state index contributed by atoms with van der Waals surface area (Å²) >= 11 is 0. The third kappa shape index (κ3) is 6.53.